The van der Waals surface area contributed by atoms with Crippen molar-refractivity contribution in [2.45, 2.75) is 35.8 Å². The molecule has 2 unspecified atom stereocenters. The van der Waals surface area contributed by atoms with Gasteiger partial charge in [0.15, 0.2) is 6.29 Å². The number of hydroxylamine groups is 1. The maximum Gasteiger partial charge on any atom is 0.263 e. The predicted octanol–water partition coefficient (Wildman–Crippen LogP) is 1.02. The molecule has 34 heavy (non-hydrogen) atoms. The minimum absolute atomic E-state index is 0.0569. The minimum atomic E-state index is -4.09. The summed E-state index contributed by atoms with van der Waals surface area (Å²) in [6.45, 7) is -0.0428. The summed E-state index contributed by atoms with van der Waals surface area (Å²) in [5.74, 6) is -0.753. The molecule has 1 amide bonds. The van der Waals surface area contributed by atoms with Gasteiger partial charge in [-0.15, -0.1) is 11.3 Å². The Morgan fingerprint density at radius 2 is 1.91 bits per heavy atom. The smallest absolute Gasteiger partial charge is 0.263 e. The van der Waals surface area contributed by atoms with Gasteiger partial charge in [-0.2, -0.15) is 8.61 Å². The van der Waals surface area contributed by atoms with Crippen molar-refractivity contribution in [1.29, 1.82) is 0 Å². The lowest BCUT2D eigenvalue weighted by Gasteiger charge is -2.38. The molecule has 0 spiro atoms. The summed E-state index contributed by atoms with van der Waals surface area (Å²) in [5, 5.41) is 0. The first-order valence-corrected chi connectivity index (χ1v) is 14.8. The standard InChI is InChI=1S/C20H26N4O7S3/c1-33(26,27)23-11-12-24(16(14-23)20(25)22-31-18-4-2-3-13-30-18)34(28,29)19-6-5-17(32-19)15-7-9-21-10-8-15/h5-10,16,18H,2-4,11-14H2,1H3,(H,22,25). The van der Waals surface area contributed by atoms with Gasteiger partial charge in [0.05, 0.1) is 6.26 Å². The fraction of sp³-hybridized carbons (Fsp3) is 0.500. The van der Waals surface area contributed by atoms with Crippen LogP contribution in [0, 0.1) is 0 Å². The van der Waals surface area contributed by atoms with Crippen LogP contribution in [0.5, 0.6) is 0 Å². The Hall–Kier alpha value is -1.94. The molecule has 2 aromatic heterocycles. The Balaban J connectivity index is 1.57. The first-order valence-electron chi connectivity index (χ1n) is 10.7. The van der Waals surface area contributed by atoms with Crippen molar-refractivity contribution in [3.63, 3.8) is 0 Å². The molecule has 2 aliphatic heterocycles. The molecule has 4 rings (SSSR count). The molecule has 2 fully saturated rings. The van der Waals surface area contributed by atoms with Gasteiger partial charge < -0.3 is 4.74 Å². The normalized spacial score (nSPS) is 23.0. The van der Waals surface area contributed by atoms with E-state index in [2.05, 4.69) is 10.5 Å². The van der Waals surface area contributed by atoms with Gasteiger partial charge in [-0.05, 0) is 42.7 Å². The molecule has 4 heterocycles. The first-order chi connectivity index (χ1) is 16.2. The quantitative estimate of drug-likeness (QED) is 0.524. The Morgan fingerprint density at radius 1 is 1.15 bits per heavy atom. The molecular weight excluding hydrogens is 504 g/mol. The maximum atomic E-state index is 13.5. The molecule has 0 aromatic carbocycles. The summed E-state index contributed by atoms with van der Waals surface area (Å²) >= 11 is 1.07. The number of amides is 1. The number of rotatable bonds is 7. The molecule has 14 heteroatoms. The summed E-state index contributed by atoms with van der Waals surface area (Å²) < 4.78 is 58.9. The monoisotopic (exact) mass is 530 g/mol. The van der Waals surface area contributed by atoms with Crippen LogP contribution in [0.15, 0.2) is 40.9 Å². The van der Waals surface area contributed by atoms with Crippen LogP contribution < -0.4 is 5.48 Å². The molecule has 0 bridgehead atoms. The van der Waals surface area contributed by atoms with E-state index < -0.39 is 38.3 Å². The first kappa shape index (κ1) is 25.2. The van der Waals surface area contributed by atoms with Gasteiger partial charge in [0.25, 0.3) is 15.9 Å². The highest BCUT2D eigenvalue weighted by molar-refractivity contribution is 7.91. The number of thiophene rings is 1. The van der Waals surface area contributed by atoms with Crippen LogP contribution in [0.25, 0.3) is 10.4 Å². The second-order valence-corrected chi connectivity index (χ2v) is 13.2. The van der Waals surface area contributed by atoms with Crippen molar-refractivity contribution < 1.29 is 31.2 Å². The number of sulfonamides is 2. The van der Waals surface area contributed by atoms with E-state index >= 15 is 0 Å². The van der Waals surface area contributed by atoms with E-state index in [0.717, 1.165) is 49.5 Å². The van der Waals surface area contributed by atoms with Crippen LogP contribution in [-0.2, 0) is 34.4 Å². The van der Waals surface area contributed by atoms with Crippen molar-refractivity contribution in [2.75, 3.05) is 32.5 Å². The summed E-state index contributed by atoms with van der Waals surface area (Å²) in [4.78, 5) is 23.0. The molecular formula is C20H26N4O7S3. The number of aromatic nitrogens is 1. The minimum Gasteiger partial charge on any atom is -0.350 e. The van der Waals surface area contributed by atoms with E-state index in [1.165, 1.54) is 6.07 Å². The van der Waals surface area contributed by atoms with E-state index in [-0.39, 0.29) is 23.8 Å². The summed E-state index contributed by atoms with van der Waals surface area (Å²) in [6, 6.07) is 5.42. The Kier molecular flexibility index (Phi) is 7.66. The van der Waals surface area contributed by atoms with Gasteiger partial charge in [0.1, 0.15) is 10.3 Å². The number of nitrogens with one attached hydrogen (secondary N) is 1. The van der Waals surface area contributed by atoms with Crippen molar-refractivity contribution in [3.05, 3.63) is 36.7 Å². The number of pyridine rings is 1. The molecule has 2 atom stereocenters. The summed E-state index contributed by atoms with van der Waals surface area (Å²) in [6.07, 6.45) is 6.00. The van der Waals surface area contributed by atoms with Crippen LogP contribution in [0.1, 0.15) is 19.3 Å². The van der Waals surface area contributed by atoms with Gasteiger partial charge in [-0.3, -0.25) is 9.78 Å². The fourth-order valence-corrected chi connectivity index (χ4v) is 7.62. The molecule has 0 radical (unpaired) electrons. The Labute approximate surface area is 202 Å². The highest BCUT2D eigenvalue weighted by Crippen LogP contribution is 2.33. The molecule has 1 N–H and O–H groups in total. The second-order valence-electron chi connectivity index (χ2n) is 7.99. The molecule has 2 aromatic rings. The van der Waals surface area contributed by atoms with Crippen LogP contribution in [0.3, 0.4) is 0 Å². The molecule has 186 valence electrons. The zero-order valence-corrected chi connectivity index (χ0v) is 20.9. The second kappa shape index (κ2) is 10.4. The molecule has 0 saturated carbocycles. The number of piperazine rings is 1. The third-order valence-corrected chi connectivity index (χ3v) is 10.4. The van der Waals surface area contributed by atoms with Crippen LogP contribution in [0.4, 0.5) is 0 Å². The lowest BCUT2D eigenvalue weighted by atomic mass is 10.2. The Morgan fingerprint density at radius 3 is 2.59 bits per heavy atom. The zero-order chi connectivity index (χ0) is 24.3. The van der Waals surface area contributed by atoms with Gasteiger partial charge in [0.2, 0.25) is 10.0 Å². The third kappa shape index (κ3) is 5.64. The van der Waals surface area contributed by atoms with E-state index in [1.807, 2.05) is 0 Å². The average molecular weight is 531 g/mol. The van der Waals surface area contributed by atoms with Crippen molar-refractivity contribution in [3.8, 4) is 10.4 Å². The number of hydrogen-bond donors (Lipinski definition) is 1. The molecule has 0 aliphatic carbocycles. The number of carbonyl (C=O) groups excluding carboxylic acids is 1. The maximum absolute atomic E-state index is 13.5. The van der Waals surface area contributed by atoms with Crippen molar-refractivity contribution >= 4 is 37.3 Å². The van der Waals surface area contributed by atoms with E-state index in [9.17, 15) is 21.6 Å². The lowest BCUT2D eigenvalue weighted by molar-refractivity contribution is -0.202. The summed E-state index contributed by atoms with van der Waals surface area (Å²) in [5.41, 5.74) is 3.10. The average Bonchev–Trinajstić information content (AvgIpc) is 3.34. The van der Waals surface area contributed by atoms with Crippen LogP contribution in [-0.4, -0.2) is 81.2 Å². The van der Waals surface area contributed by atoms with E-state index in [0.29, 0.717) is 13.0 Å². The largest absolute Gasteiger partial charge is 0.350 e. The van der Waals surface area contributed by atoms with E-state index in [1.54, 1.807) is 30.6 Å². The van der Waals surface area contributed by atoms with Gasteiger partial charge in [-0.25, -0.2) is 27.2 Å². The number of nitrogens with zero attached hydrogens (tertiary/aromatic N) is 3. The van der Waals surface area contributed by atoms with Crippen LogP contribution in [0.2, 0.25) is 0 Å². The molecule has 11 nitrogen and oxygen atoms in total. The highest BCUT2D eigenvalue weighted by atomic mass is 32.2. The highest BCUT2D eigenvalue weighted by Gasteiger charge is 2.43. The molecule has 2 aliphatic rings. The fourth-order valence-electron chi connectivity index (χ4n) is 3.79. The van der Waals surface area contributed by atoms with Crippen LogP contribution >= 0.6 is 11.3 Å². The SMILES string of the molecule is CS(=O)(=O)N1CCN(S(=O)(=O)c2ccc(-c3ccncc3)s2)C(C(=O)NOC2CCCCO2)C1. The number of ether oxygens (including phenoxy) is 1. The van der Waals surface area contributed by atoms with Gasteiger partial charge in [0, 0.05) is 49.9 Å². The predicted molar refractivity (Wildman–Crippen MR) is 124 cm³/mol. The molecule has 2 saturated heterocycles. The summed E-state index contributed by atoms with van der Waals surface area (Å²) in [7, 11) is -7.72. The van der Waals surface area contributed by atoms with E-state index in [4.69, 9.17) is 9.57 Å². The lowest BCUT2D eigenvalue weighted by Crippen LogP contribution is -2.61. The van der Waals surface area contributed by atoms with Crippen molar-refractivity contribution in [1.82, 2.24) is 19.1 Å². The zero-order valence-electron chi connectivity index (χ0n) is 18.5. The van der Waals surface area contributed by atoms with Gasteiger partial charge in [-0.1, -0.05) is 0 Å². The van der Waals surface area contributed by atoms with Crippen molar-refractivity contribution in [2.24, 2.45) is 0 Å². The Bertz CT molecular complexity index is 1210. The third-order valence-electron chi connectivity index (χ3n) is 5.60. The topological polar surface area (TPSA) is 135 Å². The number of carbonyl (C=O) groups is 1. The number of hydrogen-bond acceptors (Lipinski definition) is 9. The van der Waals surface area contributed by atoms with Gasteiger partial charge >= 0.3 is 0 Å².